The van der Waals surface area contributed by atoms with Gasteiger partial charge in [-0.2, -0.15) is 0 Å². The van der Waals surface area contributed by atoms with Crippen molar-refractivity contribution in [2.75, 3.05) is 58.8 Å². The Balaban J connectivity index is 1.58. The van der Waals surface area contributed by atoms with E-state index in [1.807, 2.05) is 20.8 Å². The maximum Gasteiger partial charge on any atom is 0.236 e. The van der Waals surface area contributed by atoms with Crippen molar-refractivity contribution in [3.05, 3.63) is 35.9 Å². The Hall–Kier alpha value is -1.52. The number of carbonyl (C=O) groups is 1. The molecule has 1 aromatic carbocycles. The van der Waals surface area contributed by atoms with Crippen molar-refractivity contribution in [1.82, 2.24) is 19.6 Å². The molecular formula is C25H40N4O4S. The highest BCUT2D eigenvalue weighted by atomic mass is 32.2. The molecule has 1 atom stereocenters. The standard InChI is InChI=1S/C25H40N4O4S/c1-26(2)25(21-9-5-4-6-10-21)13-11-24(12-14-25)20-28(17-18-34(3,32)33)23(31)29(24)19-22(30)27-15-7-8-16-27/h4-6,9-10,23,31H,7-8,11-20H2,1-3H3. The number of sulfone groups is 1. The first-order valence-electron chi connectivity index (χ1n) is 12.4. The molecule has 2 saturated heterocycles. The lowest BCUT2D eigenvalue weighted by Gasteiger charge is -2.51. The zero-order chi connectivity index (χ0) is 24.6. The first-order chi connectivity index (χ1) is 16.1. The van der Waals surface area contributed by atoms with Gasteiger partial charge in [-0.3, -0.25) is 14.6 Å². The second kappa shape index (κ2) is 9.85. The summed E-state index contributed by atoms with van der Waals surface area (Å²) in [6.45, 7) is 2.59. The van der Waals surface area contributed by atoms with E-state index in [2.05, 4.69) is 43.3 Å². The summed E-state index contributed by atoms with van der Waals surface area (Å²) in [6.07, 6.45) is 5.82. The minimum absolute atomic E-state index is 0.000296. The van der Waals surface area contributed by atoms with Crippen LogP contribution in [0.2, 0.25) is 0 Å². The van der Waals surface area contributed by atoms with E-state index in [9.17, 15) is 18.3 Å². The molecule has 4 rings (SSSR count). The maximum absolute atomic E-state index is 13.1. The second-order valence-corrected chi connectivity index (χ2v) is 12.9. The van der Waals surface area contributed by atoms with E-state index in [0.717, 1.165) is 51.6 Å². The Kier molecular flexibility index (Phi) is 7.41. The zero-order valence-corrected chi connectivity index (χ0v) is 21.6. The molecule has 2 heterocycles. The van der Waals surface area contributed by atoms with Crippen molar-refractivity contribution in [3.63, 3.8) is 0 Å². The molecule has 1 amide bonds. The van der Waals surface area contributed by atoms with E-state index in [0.29, 0.717) is 6.54 Å². The lowest BCUT2D eigenvalue weighted by atomic mass is 9.68. The lowest BCUT2D eigenvalue weighted by molar-refractivity contribution is -0.142. The van der Waals surface area contributed by atoms with Gasteiger partial charge in [-0.15, -0.1) is 0 Å². The van der Waals surface area contributed by atoms with Gasteiger partial charge in [0.25, 0.3) is 0 Å². The molecule has 9 heteroatoms. The number of benzene rings is 1. The van der Waals surface area contributed by atoms with E-state index in [4.69, 9.17) is 0 Å². The molecule has 2 aliphatic heterocycles. The van der Waals surface area contributed by atoms with Crippen LogP contribution in [0.4, 0.5) is 0 Å². The average Bonchev–Trinajstić information content (AvgIpc) is 3.42. The van der Waals surface area contributed by atoms with Crippen molar-refractivity contribution in [2.24, 2.45) is 0 Å². The first-order valence-corrected chi connectivity index (χ1v) is 14.5. The van der Waals surface area contributed by atoms with Crippen LogP contribution in [0.1, 0.15) is 44.1 Å². The number of likely N-dealkylation sites (tertiary alicyclic amines) is 1. The minimum atomic E-state index is -3.15. The third kappa shape index (κ3) is 5.04. The van der Waals surface area contributed by atoms with Crippen LogP contribution in [0.3, 0.4) is 0 Å². The van der Waals surface area contributed by atoms with Crippen LogP contribution in [-0.4, -0.2) is 110 Å². The summed E-state index contributed by atoms with van der Waals surface area (Å²) in [7, 11) is 1.10. The van der Waals surface area contributed by atoms with Gasteiger partial charge in [0.15, 0.2) is 6.35 Å². The summed E-state index contributed by atoms with van der Waals surface area (Å²) < 4.78 is 23.6. The molecule has 1 unspecified atom stereocenters. The summed E-state index contributed by atoms with van der Waals surface area (Å²) in [5.41, 5.74) is 0.852. The van der Waals surface area contributed by atoms with Crippen molar-refractivity contribution < 1.29 is 18.3 Å². The SMILES string of the molecule is CN(C)C1(c2ccccc2)CCC2(CC1)CN(CCS(C)(=O)=O)C(O)N2CC(=O)N1CCCC1. The van der Waals surface area contributed by atoms with E-state index < -0.39 is 16.2 Å². The molecule has 1 N–H and O–H groups in total. The molecule has 1 saturated carbocycles. The van der Waals surface area contributed by atoms with Crippen molar-refractivity contribution in [1.29, 1.82) is 0 Å². The molecule has 1 spiro atoms. The maximum atomic E-state index is 13.1. The van der Waals surface area contributed by atoms with Gasteiger partial charge in [0, 0.05) is 43.5 Å². The predicted molar refractivity (Wildman–Crippen MR) is 133 cm³/mol. The molecule has 1 aliphatic carbocycles. The molecule has 8 nitrogen and oxygen atoms in total. The Morgan fingerprint density at radius 3 is 2.26 bits per heavy atom. The van der Waals surface area contributed by atoms with E-state index in [1.54, 1.807) is 0 Å². The third-order valence-electron chi connectivity index (χ3n) is 8.40. The summed E-state index contributed by atoms with van der Waals surface area (Å²) in [5, 5.41) is 11.3. The Morgan fingerprint density at radius 1 is 1.09 bits per heavy atom. The molecule has 3 fully saturated rings. The van der Waals surface area contributed by atoms with Crippen LogP contribution in [0.15, 0.2) is 30.3 Å². The topological polar surface area (TPSA) is 84.4 Å². The summed E-state index contributed by atoms with van der Waals surface area (Å²) in [5.74, 6) is 0.0630. The van der Waals surface area contributed by atoms with Gasteiger partial charge in [0.1, 0.15) is 9.84 Å². The average molecular weight is 493 g/mol. The van der Waals surface area contributed by atoms with Crippen LogP contribution in [0.25, 0.3) is 0 Å². The fourth-order valence-electron chi connectivity index (χ4n) is 6.25. The van der Waals surface area contributed by atoms with Crippen molar-refractivity contribution in [2.45, 2.75) is 56.0 Å². The van der Waals surface area contributed by atoms with Gasteiger partial charge in [-0.25, -0.2) is 13.3 Å². The quantitative estimate of drug-likeness (QED) is 0.615. The number of amides is 1. The van der Waals surface area contributed by atoms with Crippen LogP contribution in [-0.2, 0) is 20.2 Å². The van der Waals surface area contributed by atoms with Crippen LogP contribution >= 0.6 is 0 Å². The number of aliphatic hydroxyl groups is 1. The number of rotatable bonds is 7. The first kappa shape index (κ1) is 25.6. The molecule has 3 aliphatic rings. The van der Waals surface area contributed by atoms with Crippen LogP contribution in [0, 0.1) is 0 Å². The fraction of sp³-hybridized carbons (Fsp3) is 0.720. The highest BCUT2D eigenvalue weighted by molar-refractivity contribution is 7.90. The van der Waals surface area contributed by atoms with Crippen LogP contribution < -0.4 is 0 Å². The van der Waals surface area contributed by atoms with Crippen molar-refractivity contribution in [3.8, 4) is 0 Å². The highest BCUT2D eigenvalue weighted by Crippen LogP contribution is 2.49. The monoisotopic (exact) mass is 492 g/mol. The van der Waals surface area contributed by atoms with Gasteiger partial charge in [-0.05, 0) is 58.2 Å². The van der Waals surface area contributed by atoms with Gasteiger partial charge in [0.2, 0.25) is 5.91 Å². The van der Waals surface area contributed by atoms with E-state index in [1.165, 1.54) is 11.8 Å². The van der Waals surface area contributed by atoms with Gasteiger partial charge < -0.3 is 10.0 Å². The number of carbonyl (C=O) groups excluding carboxylic acids is 1. The van der Waals surface area contributed by atoms with Crippen molar-refractivity contribution >= 4 is 15.7 Å². The van der Waals surface area contributed by atoms with E-state index in [-0.39, 0.29) is 35.8 Å². The van der Waals surface area contributed by atoms with Crippen LogP contribution in [0.5, 0.6) is 0 Å². The summed E-state index contributed by atoms with van der Waals surface area (Å²) in [4.78, 5) is 21.1. The number of hydrogen-bond acceptors (Lipinski definition) is 7. The molecule has 0 radical (unpaired) electrons. The summed E-state index contributed by atoms with van der Waals surface area (Å²) in [6, 6.07) is 10.6. The number of nitrogens with zero attached hydrogens (tertiary/aromatic N) is 4. The lowest BCUT2D eigenvalue weighted by Crippen LogP contribution is -2.58. The van der Waals surface area contributed by atoms with Gasteiger partial charge >= 0.3 is 0 Å². The molecule has 0 aromatic heterocycles. The Bertz CT molecular complexity index is 954. The molecule has 1 aromatic rings. The zero-order valence-electron chi connectivity index (χ0n) is 20.8. The van der Waals surface area contributed by atoms with Gasteiger partial charge in [0.05, 0.1) is 12.3 Å². The molecule has 34 heavy (non-hydrogen) atoms. The second-order valence-electron chi connectivity index (χ2n) is 10.7. The van der Waals surface area contributed by atoms with E-state index >= 15 is 0 Å². The molecular weight excluding hydrogens is 452 g/mol. The summed E-state index contributed by atoms with van der Waals surface area (Å²) >= 11 is 0. The fourth-order valence-corrected chi connectivity index (χ4v) is 6.81. The number of hydrogen-bond donors (Lipinski definition) is 1. The minimum Gasteiger partial charge on any atom is -0.365 e. The Morgan fingerprint density at radius 2 is 1.71 bits per heavy atom. The smallest absolute Gasteiger partial charge is 0.236 e. The Labute approximate surface area is 204 Å². The number of aliphatic hydroxyl groups excluding tert-OH is 1. The molecule has 0 bridgehead atoms. The predicted octanol–water partition coefficient (Wildman–Crippen LogP) is 1.32. The normalized spacial score (nSPS) is 31.1. The highest BCUT2D eigenvalue weighted by Gasteiger charge is 2.55. The molecule has 190 valence electrons. The third-order valence-corrected chi connectivity index (χ3v) is 9.32. The largest absolute Gasteiger partial charge is 0.365 e. The van der Waals surface area contributed by atoms with Gasteiger partial charge in [-0.1, -0.05) is 30.3 Å².